The molecule has 0 radical (unpaired) electrons. The summed E-state index contributed by atoms with van der Waals surface area (Å²) in [5.74, 6) is 0.322. The summed E-state index contributed by atoms with van der Waals surface area (Å²) in [5.41, 5.74) is 0. The number of hydrogen-bond acceptors (Lipinski definition) is 1. The third kappa shape index (κ3) is 8.77. The second-order valence-electron chi connectivity index (χ2n) is 2.66. The molecule has 1 aliphatic rings. The first-order chi connectivity index (χ1) is 6.29. The third-order valence-corrected chi connectivity index (χ3v) is 2.11. The Hall–Kier alpha value is -0.206. The predicted molar refractivity (Wildman–Crippen MR) is 64.4 cm³/mol. The van der Waals surface area contributed by atoms with Crippen LogP contribution in [0.4, 0.5) is 0 Å². The second-order valence-corrected chi connectivity index (χ2v) is 3.66. The average Bonchev–Trinajstić information content (AvgIpc) is 2.58. The number of para-hydroxylation sites is 1. The zero-order valence-electron chi connectivity index (χ0n) is 8.09. The van der Waals surface area contributed by atoms with Crippen molar-refractivity contribution in [2.45, 2.75) is 6.42 Å². The molecule has 81 valence electrons. The van der Waals surface area contributed by atoms with Crippen molar-refractivity contribution in [3.05, 3.63) is 52.4 Å². The molecule has 0 atom stereocenters. The predicted octanol–water partition coefficient (Wildman–Crippen LogP) is 3.61. The van der Waals surface area contributed by atoms with Crippen molar-refractivity contribution in [3.63, 3.8) is 0 Å². The number of hydrogen-bond donors (Lipinski definition) is 1. The van der Waals surface area contributed by atoms with Gasteiger partial charge in [0.2, 0.25) is 0 Å². The molecule has 0 amide bonds. The normalized spacial score (nSPS) is 11.3. The molecule has 0 aliphatic heterocycles. The summed E-state index contributed by atoms with van der Waals surface area (Å²) >= 11 is 2.14. The molecule has 2 rings (SSSR count). The van der Waals surface area contributed by atoms with E-state index in [1.807, 2.05) is 6.07 Å². The van der Waals surface area contributed by atoms with Gasteiger partial charge in [-0.3, -0.25) is 0 Å². The molecular formula is C11H13Cl2OTi. The van der Waals surface area contributed by atoms with Crippen LogP contribution in [-0.4, -0.2) is 5.11 Å². The Bertz CT molecular complexity index is 310. The van der Waals surface area contributed by atoms with E-state index in [4.69, 9.17) is 5.11 Å². The molecule has 1 aromatic carbocycles. The Morgan fingerprint density at radius 3 is 1.87 bits per heavy atom. The van der Waals surface area contributed by atoms with Gasteiger partial charge < -0.3 is 5.11 Å². The van der Waals surface area contributed by atoms with E-state index in [1.165, 1.54) is 10.3 Å². The van der Waals surface area contributed by atoms with Gasteiger partial charge >= 0.3 is 49.0 Å². The molecule has 0 fully saturated rings. The van der Waals surface area contributed by atoms with Crippen LogP contribution in [0.25, 0.3) is 0 Å². The molecular weight excluding hydrogens is 267 g/mol. The molecule has 1 aliphatic carbocycles. The van der Waals surface area contributed by atoms with E-state index in [9.17, 15) is 0 Å². The zero-order chi connectivity index (χ0) is 9.52. The topological polar surface area (TPSA) is 20.2 Å². The Morgan fingerprint density at radius 1 is 1.07 bits per heavy atom. The van der Waals surface area contributed by atoms with Gasteiger partial charge in [0, 0.05) is 0 Å². The zero-order valence-corrected chi connectivity index (χ0v) is 11.3. The van der Waals surface area contributed by atoms with Crippen LogP contribution >= 0.6 is 24.8 Å². The van der Waals surface area contributed by atoms with Crippen LogP contribution in [0.5, 0.6) is 5.75 Å². The fraction of sp³-hybridized carbons (Fsp3) is 0.0909. The van der Waals surface area contributed by atoms with E-state index < -0.39 is 0 Å². The number of allylic oxidation sites excluding steroid dienone is 4. The van der Waals surface area contributed by atoms with Crippen LogP contribution in [0.3, 0.4) is 0 Å². The van der Waals surface area contributed by atoms with E-state index in [-0.39, 0.29) is 24.8 Å². The van der Waals surface area contributed by atoms with E-state index in [0.717, 1.165) is 0 Å². The maximum absolute atomic E-state index is 8.63. The molecule has 0 aromatic heterocycles. The number of phenolic OH excluding ortho intramolecular Hbond substituents is 1. The Morgan fingerprint density at radius 2 is 1.67 bits per heavy atom. The number of benzene rings is 1. The summed E-state index contributed by atoms with van der Waals surface area (Å²) in [6, 6.07) is 8.71. The van der Waals surface area contributed by atoms with E-state index >= 15 is 0 Å². The summed E-state index contributed by atoms with van der Waals surface area (Å²) in [7, 11) is 0. The number of halogens is 2. The Kier molecular flexibility index (Phi) is 11.8. The molecule has 0 saturated carbocycles. The van der Waals surface area contributed by atoms with Crippen molar-refractivity contribution in [2.75, 3.05) is 0 Å². The third-order valence-electron chi connectivity index (χ3n) is 1.53. The fourth-order valence-corrected chi connectivity index (χ4v) is 1.21. The molecule has 1 aromatic rings. The summed E-state index contributed by atoms with van der Waals surface area (Å²) in [5, 5.41) is 8.63. The van der Waals surface area contributed by atoms with Crippen molar-refractivity contribution in [1.82, 2.24) is 0 Å². The van der Waals surface area contributed by atoms with Crippen LogP contribution < -0.4 is 0 Å². The van der Waals surface area contributed by atoms with Gasteiger partial charge in [0.15, 0.2) is 0 Å². The molecule has 4 heteroatoms. The molecule has 0 unspecified atom stereocenters. The van der Waals surface area contributed by atoms with Gasteiger partial charge in [-0.2, -0.15) is 0 Å². The van der Waals surface area contributed by atoms with Gasteiger partial charge in [0.25, 0.3) is 0 Å². The molecule has 0 spiro atoms. The molecule has 0 bridgehead atoms. The van der Waals surface area contributed by atoms with E-state index in [0.29, 0.717) is 5.75 Å². The number of phenols is 1. The van der Waals surface area contributed by atoms with Crippen LogP contribution in [0.2, 0.25) is 0 Å². The standard InChI is InChI=1S/C6H6O.C5H5.2ClH.Ti/c7-6-4-2-1-3-5-6;1-2-4-5-3-1;;;/h1-5,7H;1-3H,4H2;2*1H;. The summed E-state index contributed by atoms with van der Waals surface area (Å²) in [6.45, 7) is 0. The van der Waals surface area contributed by atoms with Gasteiger partial charge in [-0.05, 0) is 12.1 Å². The molecule has 15 heavy (non-hydrogen) atoms. The monoisotopic (exact) mass is 279 g/mol. The van der Waals surface area contributed by atoms with Gasteiger partial charge in [-0.1, -0.05) is 18.2 Å². The van der Waals surface area contributed by atoms with Gasteiger partial charge in [0.1, 0.15) is 5.75 Å². The maximum atomic E-state index is 8.63. The Balaban J connectivity index is 0. The van der Waals surface area contributed by atoms with Gasteiger partial charge in [-0.15, -0.1) is 24.8 Å². The van der Waals surface area contributed by atoms with E-state index in [2.05, 4.69) is 38.7 Å². The van der Waals surface area contributed by atoms with Crippen molar-refractivity contribution in [3.8, 4) is 5.75 Å². The Labute approximate surface area is 115 Å². The van der Waals surface area contributed by atoms with Crippen molar-refractivity contribution < 1.29 is 25.5 Å². The minimum absolute atomic E-state index is 0. The number of rotatable bonds is 0. The van der Waals surface area contributed by atoms with Crippen LogP contribution in [0.1, 0.15) is 6.42 Å². The average molecular weight is 280 g/mol. The fourth-order valence-electron chi connectivity index (χ4n) is 0.875. The van der Waals surface area contributed by atoms with Crippen LogP contribution in [0, 0.1) is 0 Å². The molecule has 0 saturated heterocycles. The SMILES string of the molecule is Cl.Cl.Oc1ccccc1.[Ti][C]1=CC=CC1. The molecule has 1 nitrogen and oxygen atoms in total. The van der Waals surface area contributed by atoms with Crippen molar-refractivity contribution in [2.24, 2.45) is 0 Å². The minimum atomic E-state index is 0. The quantitative estimate of drug-likeness (QED) is 0.720. The first-order valence-corrected chi connectivity index (χ1v) is 4.88. The number of aromatic hydroxyl groups is 1. The van der Waals surface area contributed by atoms with Gasteiger partial charge in [0.05, 0.1) is 0 Å². The first-order valence-electron chi connectivity index (χ1n) is 4.10. The van der Waals surface area contributed by atoms with Crippen LogP contribution in [0.15, 0.2) is 52.4 Å². The van der Waals surface area contributed by atoms with Crippen molar-refractivity contribution in [1.29, 1.82) is 0 Å². The molecule has 0 heterocycles. The summed E-state index contributed by atoms with van der Waals surface area (Å²) in [6.07, 6.45) is 7.56. The van der Waals surface area contributed by atoms with Crippen molar-refractivity contribution >= 4 is 24.8 Å². The molecule has 1 N–H and O–H groups in total. The van der Waals surface area contributed by atoms with E-state index in [1.54, 1.807) is 24.3 Å². The first kappa shape index (κ1) is 17.2. The summed E-state index contributed by atoms with van der Waals surface area (Å²) < 4.78 is 1.47. The van der Waals surface area contributed by atoms with Crippen LogP contribution in [-0.2, 0) is 20.4 Å². The second kappa shape index (κ2) is 10.3. The summed E-state index contributed by atoms with van der Waals surface area (Å²) in [4.78, 5) is 0. The van der Waals surface area contributed by atoms with Gasteiger partial charge in [-0.25, -0.2) is 0 Å².